The maximum atomic E-state index is 11.5. The van der Waals surface area contributed by atoms with Gasteiger partial charge in [0.1, 0.15) is 0 Å². The second kappa shape index (κ2) is 8.92. The average Bonchev–Trinajstić information content (AvgIpc) is 2.33. The predicted octanol–water partition coefficient (Wildman–Crippen LogP) is 2.10. The largest absolute Gasteiger partial charge is 0.352 e. The van der Waals surface area contributed by atoms with Gasteiger partial charge in [-0.15, -0.1) is 0 Å². The molecule has 0 saturated heterocycles. The minimum absolute atomic E-state index is 0.0292. The van der Waals surface area contributed by atoms with Crippen LogP contribution in [0.2, 0.25) is 0 Å². The molecular weight excluding hydrogens is 200 g/mol. The summed E-state index contributed by atoms with van der Waals surface area (Å²) in [5.74, 6) is -0.0292. The van der Waals surface area contributed by atoms with E-state index in [0.29, 0.717) is 18.7 Å². The van der Waals surface area contributed by atoms with Crippen molar-refractivity contribution in [2.45, 2.75) is 27.2 Å². The Hall–Kier alpha value is -1.35. The van der Waals surface area contributed by atoms with Crippen LogP contribution >= 0.6 is 0 Å². The van der Waals surface area contributed by atoms with Crippen molar-refractivity contribution >= 4 is 5.91 Å². The van der Waals surface area contributed by atoms with Crippen LogP contribution in [0.15, 0.2) is 24.3 Å². The van der Waals surface area contributed by atoms with Gasteiger partial charge in [-0.1, -0.05) is 31.5 Å². The normalized spacial score (nSPS) is 9.00. The minimum Gasteiger partial charge on any atom is -0.352 e. The maximum absolute atomic E-state index is 11.5. The lowest BCUT2D eigenvalue weighted by Gasteiger charge is -2.03. The molecule has 3 N–H and O–H groups in total. The Bertz CT molecular complexity index is 293. The number of carbonyl (C=O) groups excluding carboxylic acids is 1. The fourth-order valence-corrected chi connectivity index (χ4v) is 1.11. The van der Waals surface area contributed by atoms with Crippen LogP contribution in [0.3, 0.4) is 0 Å². The molecule has 3 nitrogen and oxygen atoms in total. The van der Waals surface area contributed by atoms with Gasteiger partial charge in [-0.3, -0.25) is 4.79 Å². The smallest absolute Gasteiger partial charge is 0.251 e. The molecule has 90 valence electrons. The molecule has 1 aromatic rings. The van der Waals surface area contributed by atoms with Crippen molar-refractivity contribution in [3.63, 3.8) is 0 Å². The number of amides is 1. The molecule has 0 heterocycles. The third-order valence-corrected chi connectivity index (χ3v) is 1.98. The molecule has 0 aromatic heterocycles. The Morgan fingerprint density at radius 1 is 1.25 bits per heavy atom. The van der Waals surface area contributed by atoms with E-state index in [0.717, 1.165) is 12.0 Å². The van der Waals surface area contributed by atoms with Crippen molar-refractivity contribution in [1.29, 1.82) is 0 Å². The highest BCUT2D eigenvalue weighted by Crippen LogP contribution is 2.02. The lowest BCUT2D eigenvalue weighted by molar-refractivity contribution is 0.0953. The van der Waals surface area contributed by atoms with Crippen LogP contribution in [0.25, 0.3) is 0 Å². The van der Waals surface area contributed by atoms with Crippen molar-refractivity contribution in [3.05, 3.63) is 35.4 Å². The zero-order chi connectivity index (χ0) is 12.4. The molecule has 0 aliphatic rings. The maximum Gasteiger partial charge on any atom is 0.251 e. The van der Waals surface area contributed by atoms with Crippen LogP contribution in [0.5, 0.6) is 0 Å². The molecule has 16 heavy (non-hydrogen) atoms. The Kier molecular flexibility index (Phi) is 8.17. The average molecular weight is 222 g/mol. The molecule has 0 unspecified atom stereocenters. The van der Waals surface area contributed by atoms with Gasteiger partial charge in [-0.05, 0) is 32.0 Å². The van der Waals surface area contributed by atoms with E-state index in [9.17, 15) is 4.79 Å². The summed E-state index contributed by atoms with van der Waals surface area (Å²) >= 11 is 0. The van der Waals surface area contributed by atoms with E-state index in [4.69, 9.17) is 5.73 Å². The van der Waals surface area contributed by atoms with E-state index in [1.807, 2.05) is 45.0 Å². The SMILES string of the molecule is CC.Cc1ccc(C(=O)NCCCN)cc1. The number of nitrogens with one attached hydrogen (secondary N) is 1. The van der Waals surface area contributed by atoms with E-state index in [2.05, 4.69) is 5.32 Å². The molecule has 3 heteroatoms. The summed E-state index contributed by atoms with van der Waals surface area (Å²) in [6, 6.07) is 7.51. The summed E-state index contributed by atoms with van der Waals surface area (Å²) in [5.41, 5.74) is 7.18. The number of carbonyl (C=O) groups is 1. The lowest BCUT2D eigenvalue weighted by atomic mass is 10.1. The fraction of sp³-hybridized carbons (Fsp3) is 0.462. The molecule has 0 fully saturated rings. The minimum atomic E-state index is -0.0292. The van der Waals surface area contributed by atoms with Crippen molar-refractivity contribution in [2.24, 2.45) is 5.73 Å². The predicted molar refractivity (Wildman–Crippen MR) is 68.5 cm³/mol. The second-order valence-corrected chi connectivity index (χ2v) is 3.26. The first-order valence-electron chi connectivity index (χ1n) is 5.79. The molecule has 0 bridgehead atoms. The van der Waals surface area contributed by atoms with Crippen LogP contribution in [0, 0.1) is 6.92 Å². The van der Waals surface area contributed by atoms with E-state index in [-0.39, 0.29) is 5.91 Å². The molecule has 0 atom stereocenters. The van der Waals surface area contributed by atoms with E-state index < -0.39 is 0 Å². The summed E-state index contributed by atoms with van der Waals surface area (Å²) in [6.45, 7) is 7.24. The van der Waals surface area contributed by atoms with Crippen molar-refractivity contribution in [1.82, 2.24) is 5.32 Å². The van der Waals surface area contributed by atoms with Gasteiger partial charge < -0.3 is 11.1 Å². The van der Waals surface area contributed by atoms with Crippen LogP contribution in [0.4, 0.5) is 0 Å². The number of hydrogen-bond donors (Lipinski definition) is 2. The molecule has 0 aliphatic heterocycles. The Morgan fingerprint density at radius 2 is 1.81 bits per heavy atom. The fourth-order valence-electron chi connectivity index (χ4n) is 1.11. The second-order valence-electron chi connectivity index (χ2n) is 3.26. The van der Waals surface area contributed by atoms with Gasteiger partial charge in [0.2, 0.25) is 0 Å². The molecule has 0 spiro atoms. The summed E-state index contributed by atoms with van der Waals surface area (Å²) in [5, 5.41) is 2.80. The van der Waals surface area contributed by atoms with Crippen LogP contribution in [-0.2, 0) is 0 Å². The van der Waals surface area contributed by atoms with Crippen molar-refractivity contribution < 1.29 is 4.79 Å². The number of aryl methyl sites for hydroxylation is 1. The van der Waals surface area contributed by atoms with Crippen molar-refractivity contribution in [2.75, 3.05) is 13.1 Å². The van der Waals surface area contributed by atoms with Gasteiger partial charge in [-0.2, -0.15) is 0 Å². The first-order chi connectivity index (χ1) is 7.74. The van der Waals surface area contributed by atoms with Gasteiger partial charge >= 0.3 is 0 Å². The highest BCUT2D eigenvalue weighted by atomic mass is 16.1. The van der Waals surface area contributed by atoms with Gasteiger partial charge in [0.25, 0.3) is 5.91 Å². The summed E-state index contributed by atoms with van der Waals surface area (Å²) in [7, 11) is 0. The van der Waals surface area contributed by atoms with Gasteiger partial charge in [0.15, 0.2) is 0 Å². The zero-order valence-electron chi connectivity index (χ0n) is 10.4. The Morgan fingerprint density at radius 3 is 2.31 bits per heavy atom. The third-order valence-electron chi connectivity index (χ3n) is 1.98. The first kappa shape index (κ1) is 14.6. The highest BCUT2D eigenvalue weighted by Gasteiger charge is 2.02. The molecule has 1 rings (SSSR count). The summed E-state index contributed by atoms with van der Waals surface area (Å²) < 4.78 is 0. The van der Waals surface area contributed by atoms with Gasteiger partial charge in [0, 0.05) is 12.1 Å². The quantitative estimate of drug-likeness (QED) is 0.766. The molecule has 0 saturated carbocycles. The lowest BCUT2D eigenvalue weighted by Crippen LogP contribution is -2.25. The highest BCUT2D eigenvalue weighted by molar-refractivity contribution is 5.94. The summed E-state index contributed by atoms with van der Waals surface area (Å²) in [4.78, 5) is 11.5. The standard InChI is InChI=1S/C11H16N2O.C2H6/c1-9-3-5-10(6-4-9)11(14)13-8-2-7-12;1-2/h3-6H,2,7-8,12H2,1H3,(H,13,14);1-2H3. The molecule has 1 aromatic carbocycles. The van der Waals surface area contributed by atoms with Crippen LogP contribution in [0.1, 0.15) is 36.2 Å². The topological polar surface area (TPSA) is 55.1 Å². The number of rotatable bonds is 4. The molecular formula is C13H22N2O. The van der Waals surface area contributed by atoms with Gasteiger partial charge in [0.05, 0.1) is 0 Å². The number of nitrogens with two attached hydrogens (primary N) is 1. The van der Waals surface area contributed by atoms with Crippen molar-refractivity contribution in [3.8, 4) is 0 Å². The zero-order valence-corrected chi connectivity index (χ0v) is 10.4. The third kappa shape index (κ3) is 5.51. The van der Waals surface area contributed by atoms with Gasteiger partial charge in [-0.25, -0.2) is 0 Å². The van der Waals surface area contributed by atoms with E-state index in [1.54, 1.807) is 0 Å². The Balaban J connectivity index is 0.00000106. The monoisotopic (exact) mass is 222 g/mol. The number of benzene rings is 1. The van der Waals surface area contributed by atoms with Crippen LogP contribution < -0.4 is 11.1 Å². The molecule has 0 radical (unpaired) electrons. The number of hydrogen-bond acceptors (Lipinski definition) is 2. The molecule has 0 aliphatic carbocycles. The van der Waals surface area contributed by atoms with E-state index >= 15 is 0 Å². The first-order valence-corrected chi connectivity index (χ1v) is 5.79. The van der Waals surface area contributed by atoms with E-state index in [1.165, 1.54) is 0 Å². The van der Waals surface area contributed by atoms with Crippen LogP contribution in [-0.4, -0.2) is 19.0 Å². The summed E-state index contributed by atoms with van der Waals surface area (Å²) in [6.07, 6.45) is 0.817. The Labute approximate surface area is 98.0 Å². The molecule has 1 amide bonds.